The average molecular weight is 182 g/mol. The number of nitrogens with zero attached hydrogens (tertiary/aromatic N) is 1. The van der Waals surface area contributed by atoms with Crippen molar-refractivity contribution < 1.29 is 0 Å². The highest BCUT2D eigenvalue weighted by molar-refractivity contribution is 4.90. The van der Waals surface area contributed by atoms with E-state index >= 15 is 0 Å². The fourth-order valence-electron chi connectivity index (χ4n) is 1.95. The highest BCUT2D eigenvalue weighted by atomic mass is 15.2. The van der Waals surface area contributed by atoms with Gasteiger partial charge in [-0.25, -0.2) is 0 Å². The molecule has 1 N–H and O–H groups in total. The first kappa shape index (κ1) is 10.4. The van der Waals surface area contributed by atoms with Gasteiger partial charge in [0.15, 0.2) is 0 Å². The van der Waals surface area contributed by atoms with Crippen LogP contribution in [0.5, 0.6) is 0 Å². The molecule has 0 aliphatic carbocycles. The predicted octanol–water partition coefficient (Wildman–Crippen LogP) is 2.33. The van der Waals surface area contributed by atoms with E-state index < -0.39 is 0 Å². The van der Waals surface area contributed by atoms with Gasteiger partial charge in [0, 0.05) is 31.5 Å². The van der Waals surface area contributed by atoms with Crippen LogP contribution in [0.3, 0.4) is 0 Å². The quantitative estimate of drug-likeness (QED) is 0.702. The molecule has 13 heavy (non-hydrogen) atoms. The zero-order valence-corrected chi connectivity index (χ0v) is 8.92. The van der Waals surface area contributed by atoms with Gasteiger partial charge >= 0.3 is 0 Å². The summed E-state index contributed by atoms with van der Waals surface area (Å²) in [4.78, 5) is 2.49. The second-order valence-electron chi connectivity index (χ2n) is 3.74. The summed E-state index contributed by atoms with van der Waals surface area (Å²) < 4.78 is 0. The van der Waals surface area contributed by atoms with E-state index in [9.17, 15) is 0 Å². The van der Waals surface area contributed by atoms with Crippen LogP contribution in [0.1, 0.15) is 39.5 Å². The van der Waals surface area contributed by atoms with Crippen LogP contribution < -0.4 is 5.32 Å². The Morgan fingerprint density at radius 1 is 1.31 bits per heavy atom. The van der Waals surface area contributed by atoms with Crippen molar-refractivity contribution in [2.45, 2.75) is 45.6 Å². The molecule has 0 radical (unpaired) electrons. The topological polar surface area (TPSA) is 15.3 Å². The summed E-state index contributed by atoms with van der Waals surface area (Å²) in [5.41, 5.74) is 0. The van der Waals surface area contributed by atoms with Gasteiger partial charge in [0.2, 0.25) is 0 Å². The average Bonchev–Trinajstić information content (AvgIpc) is 2.19. The van der Waals surface area contributed by atoms with Crippen LogP contribution in [0.2, 0.25) is 0 Å². The van der Waals surface area contributed by atoms with Crippen LogP contribution in [0, 0.1) is 0 Å². The molecule has 0 saturated heterocycles. The first-order chi connectivity index (χ1) is 6.38. The Morgan fingerprint density at radius 3 is 2.46 bits per heavy atom. The molecule has 0 spiro atoms. The van der Waals surface area contributed by atoms with E-state index in [4.69, 9.17) is 0 Å². The second kappa shape index (κ2) is 5.90. The predicted molar refractivity (Wildman–Crippen MR) is 57.5 cm³/mol. The van der Waals surface area contributed by atoms with Crippen molar-refractivity contribution in [2.75, 3.05) is 13.1 Å². The highest BCUT2D eigenvalue weighted by Gasteiger charge is 2.14. The maximum absolute atomic E-state index is 3.23. The van der Waals surface area contributed by atoms with E-state index in [1.807, 2.05) is 0 Å². The summed E-state index contributed by atoms with van der Waals surface area (Å²) in [6, 6.07) is 0.772. The Kier molecular flexibility index (Phi) is 4.73. The third-order valence-electron chi connectivity index (χ3n) is 2.61. The molecule has 0 aromatic heterocycles. The van der Waals surface area contributed by atoms with Gasteiger partial charge in [-0.1, -0.05) is 26.7 Å². The zero-order chi connectivity index (χ0) is 9.52. The van der Waals surface area contributed by atoms with Gasteiger partial charge < -0.3 is 10.2 Å². The van der Waals surface area contributed by atoms with Gasteiger partial charge in [-0.3, -0.25) is 0 Å². The van der Waals surface area contributed by atoms with E-state index in [1.54, 1.807) is 0 Å². The summed E-state index contributed by atoms with van der Waals surface area (Å²) in [6.45, 7) is 6.81. The Balaban J connectivity index is 2.41. The third kappa shape index (κ3) is 3.29. The van der Waals surface area contributed by atoms with Gasteiger partial charge in [0.1, 0.15) is 0 Å². The summed E-state index contributed by atoms with van der Waals surface area (Å²) in [5.74, 6) is 0. The van der Waals surface area contributed by atoms with E-state index in [-0.39, 0.29) is 0 Å². The van der Waals surface area contributed by atoms with E-state index in [0.717, 1.165) is 12.6 Å². The second-order valence-corrected chi connectivity index (χ2v) is 3.74. The van der Waals surface area contributed by atoms with E-state index in [0.29, 0.717) is 0 Å². The number of nitrogens with one attached hydrogen (secondary N) is 1. The van der Waals surface area contributed by atoms with Gasteiger partial charge in [-0.15, -0.1) is 0 Å². The SMILES string of the molecule is CCCC(CCC)N1C=CNCC1. The van der Waals surface area contributed by atoms with Gasteiger partial charge in [-0.05, 0) is 12.8 Å². The molecule has 2 nitrogen and oxygen atoms in total. The molecule has 76 valence electrons. The summed E-state index contributed by atoms with van der Waals surface area (Å²) in [7, 11) is 0. The maximum atomic E-state index is 3.23. The van der Waals surface area contributed by atoms with Crippen molar-refractivity contribution in [1.29, 1.82) is 0 Å². The molecule has 1 aliphatic rings. The molecule has 2 heteroatoms. The summed E-state index contributed by atoms with van der Waals surface area (Å²) in [5, 5.41) is 3.23. The minimum atomic E-state index is 0.772. The van der Waals surface area contributed by atoms with Crippen molar-refractivity contribution in [3.05, 3.63) is 12.4 Å². The van der Waals surface area contributed by atoms with Crippen molar-refractivity contribution in [3.8, 4) is 0 Å². The number of hydrogen-bond donors (Lipinski definition) is 1. The van der Waals surface area contributed by atoms with Crippen LogP contribution >= 0.6 is 0 Å². The van der Waals surface area contributed by atoms with Crippen molar-refractivity contribution >= 4 is 0 Å². The van der Waals surface area contributed by atoms with Crippen LogP contribution in [0.25, 0.3) is 0 Å². The van der Waals surface area contributed by atoms with Crippen LogP contribution in [0.4, 0.5) is 0 Å². The number of rotatable bonds is 5. The third-order valence-corrected chi connectivity index (χ3v) is 2.61. The molecule has 0 fully saturated rings. The van der Waals surface area contributed by atoms with Gasteiger partial charge in [-0.2, -0.15) is 0 Å². The molecule has 0 atom stereocenters. The normalized spacial score (nSPS) is 16.4. The van der Waals surface area contributed by atoms with E-state index in [1.165, 1.54) is 32.2 Å². The minimum absolute atomic E-state index is 0.772. The Labute approximate surface area is 82.0 Å². The van der Waals surface area contributed by atoms with Crippen LogP contribution in [-0.2, 0) is 0 Å². The molecule has 0 unspecified atom stereocenters. The zero-order valence-electron chi connectivity index (χ0n) is 8.92. The Hall–Kier alpha value is -0.660. The van der Waals surface area contributed by atoms with Crippen molar-refractivity contribution in [3.63, 3.8) is 0 Å². The lowest BCUT2D eigenvalue weighted by atomic mass is 10.1. The molecule has 1 aliphatic heterocycles. The molecule has 0 bridgehead atoms. The fourth-order valence-corrected chi connectivity index (χ4v) is 1.95. The maximum Gasteiger partial charge on any atom is 0.0349 e. The largest absolute Gasteiger partial charge is 0.388 e. The standard InChI is InChI=1S/C11H22N2/c1-3-5-11(6-4-2)13-9-7-12-8-10-13/h7,9,11-12H,3-6,8,10H2,1-2H3. The lowest BCUT2D eigenvalue weighted by Crippen LogP contribution is -2.38. The molecular formula is C11H22N2. The van der Waals surface area contributed by atoms with Crippen molar-refractivity contribution in [1.82, 2.24) is 10.2 Å². The molecule has 0 aromatic carbocycles. The van der Waals surface area contributed by atoms with Crippen LogP contribution in [-0.4, -0.2) is 24.0 Å². The summed E-state index contributed by atoms with van der Waals surface area (Å²) >= 11 is 0. The highest BCUT2D eigenvalue weighted by Crippen LogP contribution is 2.14. The van der Waals surface area contributed by atoms with Gasteiger partial charge in [0.05, 0.1) is 0 Å². The lowest BCUT2D eigenvalue weighted by Gasteiger charge is -2.32. The first-order valence-corrected chi connectivity index (χ1v) is 5.54. The molecule has 1 rings (SSSR count). The molecule has 1 heterocycles. The lowest BCUT2D eigenvalue weighted by molar-refractivity contribution is 0.238. The number of hydrogen-bond acceptors (Lipinski definition) is 2. The van der Waals surface area contributed by atoms with Gasteiger partial charge in [0.25, 0.3) is 0 Å². The molecule has 0 aromatic rings. The molecule has 0 saturated carbocycles. The Bertz CT molecular complexity index is 148. The Morgan fingerprint density at radius 2 is 2.00 bits per heavy atom. The summed E-state index contributed by atoms with van der Waals surface area (Å²) in [6.07, 6.45) is 9.53. The van der Waals surface area contributed by atoms with Crippen LogP contribution in [0.15, 0.2) is 12.4 Å². The first-order valence-electron chi connectivity index (χ1n) is 5.54. The minimum Gasteiger partial charge on any atom is -0.388 e. The monoisotopic (exact) mass is 182 g/mol. The molecule has 0 amide bonds. The van der Waals surface area contributed by atoms with E-state index in [2.05, 4.69) is 36.5 Å². The molecular weight excluding hydrogens is 160 g/mol. The fraction of sp³-hybridized carbons (Fsp3) is 0.818. The smallest absolute Gasteiger partial charge is 0.0349 e. The van der Waals surface area contributed by atoms with Crippen molar-refractivity contribution in [2.24, 2.45) is 0 Å².